The molecule has 2 N–H and O–H groups in total. The SMILES string of the molecule is CC(O)c1ccc(C2(CNC(=O)CCC(F)(F)F)CCCC2)s1. The van der Waals surface area contributed by atoms with Gasteiger partial charge < -0.3 is 10.4 Å². The van der Waals surface area contributed by atoms with E-state index in [1.807, 2.05) is 12.1 Å². The van der Waals surface area contributed by atoms with Gasteiger partial charge >= 0.3 is 6.18 Å². The molecule has 1 aliphatic rings. The van der Waals surface area contributed by atoms with Crippen molar-refractivity contribution in [1.29, 1.82) is 0 Å². The highest BCUT2D eigenvalue weighted by molar-refractivity contribution is 7.12. The zero-order chi connectivity index (χ0) is 17.1. The van der Waals surface area contributed by atoms with Gasteiger partial charge in [-0.3, -0.25) is 4.79 Å². The summed E-state index contributed by atoms with van der Waals surface area (Å²) in [5, 5.41) is 12.3. The van der Waals surface area contributed by atoms with E-state index in [1.54, 1.807) is 6.92 Å². The van der Waals surface area contributed by atoms with Crippen molar-refractivity contribution >= 4 is 17.2 Å². The molecule has 1 aromatic rings. The molecule has 2 rings (SSSR count). The third kappa shape index (κ3) is 4.94. The monoisotopic (exact) mass is 349 g/mol. The van der Waals surface area contributed by atoms with Crippen LogP contribution in [0.2, 0.25) is 0 Å². The van der Waals surface area contributed by atoms with Gasteiger partial charge in [-0.05, 0) is 31.9 Å². The van der Waals surface area contributed by atoms with Crippen LogP contribution < -0.4 is 5.32 Å². The van der Waals surface area contributed by atoms with Gasteiger partial charge in [0.15, 0.2) is 0 Å². The minimum atomic E-state index is -4.30. The Kier molecular flexibility index (Phi) is 5.73. The average molecular weight is 349 g/mol. The number of hydrogen-bond acceptors (Lipinski definition) is 3. The lowest BCUT2D eigenvalue weighted by Gasteiger charge is -2.28. The fraction of sp³-hybridized carbons (Fsp3) is 0.688. The summed E-state index contributed by atoms with van der Waals surface area (Å²) in [7, 11) is 0. The highest BCUT2D eigenvalue weighted by Crippen LogP contribution is 2.44. The van der Waals surface area contributed by atoms with E-state index in [-0.39, 0.29) is 5.41 Å². The van der Waals surface area contributed by atoms with Crippen molar-refractivity contribution in [3.63, 3.8) is 0 Å². The summed E-state index contributed by atoms with van der Waals surface area (Å²) in [4.78, 5) is 13.7. The largest absolute Gasteiger partial charge is 0.389 e. The van der Waals surface area contributed by atoms with Crippen LogP contribution in [0.25, 0.3) is 0 Å². The van der Waals surface area contributed by atoms with E-state index >= 15 is 0 Å². The Bertz CT molecular complexity index is 534. The number of nitrogens with one attached hydrogen (secondary N) is 1. The van der Waals surface area contributed by atoms with E-state index in [4.69, 9.17) is 0 Å². The quantitative estimate of drug-likeness (QED) is 0.813. The molecule has 1 saturated carbocycles. The molecular weight excluding hydrogens is 327 g/mol. The Hall–Kier alpha value is -1.08. The van der Waals surface area contributed by atoms with Gasteiger partial charge in [0.1, 0.15) is 0 Å². The average Bonchev–Trinajstić information content (AvgIpc) is 3.11. The maximum absolute atomic E-state index is 12.2. The van der Waals surface area contributed by atoms with Crippen LogP contribution in [0.5, 0.6) is 0 Å². The number of thiophene rings is 1. The molecule has 1 atom stereocenters. The third-order valence-corrected chi connectivity index (χ3v) is 5.88. The second-order valence-electron chi connectivity index (χ2n) is 6.26. The van der Waals surface area contributed by atoms with Gasteiger partial charge in [-0.2, -0.15) is 13.2 Å². The highest BCUT2D eigenvalue weighted by Gasteiger charge is 2.37. The second kappa shape index (κ2) is 7.21. The van der Waals surface area contributed by atoms with Gasteiger partial charge in [0.05, 0.1) is 12.5 Å². The topological polar surface area (TPSA) is 49.3 Å². The smallest absolute Gasteiger partial charge is 0.388 e. The Morgan fingerprint density at radius 3 is 2.57 bits per heavy atom. The van der Waals surface area contributed by atoms with Gasteiger partial charge in [0.25, 0.3) is 0 Å². The number of alkyl halides is 3. The molecule has 0 aromatic carbocycles. The van der Waals surface area contributed by atoms with Crippen molar-refractivity contribution in [3.05, 3.63) is 21.9 Å². The van der Waals surface area contributed by atoms with Crippen molar-refractivity contribution in [2.24, 2.45) is 0 Å². The van der Waals surface area contributed by atoms with Gasteiger partial charge in [0.2, 0.25) is 5.91 Å². The minimum Gasteiger partial charge on any atom is -0.388 e. The first-order chi connectivity index (χ1) is 10.7. The van der Waals surface area contributed by atoms with Crippen molar-refractivity contribution in [3.8, 4) is 0 Å². The number of hydrogen-bond donors (Lipinski definition) is 2. The lowest BCUT2D eigenvalue weighted by Crippen LogP contribution is -2.38. The van der Waals surface area contributed by atoms with E-state index in [0.29, 0.717) is 6.54 Å². The Morgan fingerprint density at radius 1 is 1.39 bits per heavy atom. The van der Waals surface area contributed by atoms with E-state index in [0.717, 1.165) is 35.4 Å². The van der Waals surface area contributed by atoms with E-state index in [9.17, 15) is 23.1 Å². The molecule has 0 aliphatic heterocycles. The maximum Gasteiger partial charge on any atom is 0.389 e. The number of carbonyl (C=O) groups is 1. The molecule has 0 radical (unpaired) electrons. The van der Waals surface area contributed by atoms with Gasteiger partial charge in [-0.1, -0.05) is 12.8 Å². The number of halogens is 3. The van der Waals surface area contributed by atoms with Crippen molar-refractivity contribution in [2.45, 2.75) is 63.1 Å². The first-order valence-corrected chi connectivity index (χ1v) is 8.65. The van der Waals surface area contributed by atoms with Crippen LogP contribution in [0.1, 0.15) is 61.3 Å². The molecule has 0 bridgehead atoms. The number of rotatable bonds is 6. The Balaban J connectivity index is 1.99. The van der Waals surface area contributed by atoms with E-state index < -0.39 is 31.0 Å². The molecule has 0 saturated heterocycles. The molecule has 1 unspecified atom stereocenters. The molecule has 130 valence electrons. The summed E-state index contributed by atoms with van der Waals surface area (Å²) in [5.41, 5.74) is -0.203. The van der Waals surface area contributed by atoms with Crippen LogP contribution in [0.3, 0.4) is 0 Å². The number of aliphatic hydroxyl groups excluding tert-OH is 1. The van der Waals surface area contributed by atoms with Gasteiger partial charge in [-0.25, -0.2) is 0 Å². The predicted molar refractivity (Wildman–Crippen MR) is 83.4 cm³/mol. The molecule has 1 aromatic heterocycles. The van der Waals surface area contributed by atoms with Crippen molar-refractivity contribution in [1.82, 2.24) is 5.32 Å². The van der Waals surface area contributed by atoms with Crippen LogP contribution >= 0.6 is 11.3 Å². The van der Waals surface area contributed by atoms with Crippen LogP contribution in [0, 0.1) is 0 Å². The zero-order valence-electron chi connectivity index (χ0n) is 13.1. The van der Waals surface area contributed by atoms with Crippen LogP contribution in [0.15, 0.2) is 12.1 Å². The van der Waals surface area contributed by atoms with Gasteiger partial charge in [0, 0.05) is 28.1 Å². The number of amides is 1. The molecule has 0 spiro atoms. The summed E-state index contributed by atoms with van der Waals surface area (Å²) in [6, 6.07) is 3.86. The Morgan fingerprint density at radius 2 is 2.04 bits per heavy atom. The second-order valence-corrected chi connectivity index (χ2v) is 7.37. The number of aliphatic hydroxyl groups is 1. The standard InChI is InChI=1S/C16H22F3NO2S/c1-11(21)12-4-5-13(23-12)15(7-2-3-8-15)10-20-14(22)6-9-16(17,18)19/h4-5,11,21H,2-3,6-10H2,1H3,(H,20,22). The summed E-state index contributed by atoms with van der Waals surface area (Å²) in [6.07, 6.45) is -2.55. The fourth-order valence-electron chi connectivity index (χ4n) is 3.04. The summed E-state index contributed by atoms with van der Waals surface area (Å²) >= 11 is 1.53. The summed E-state index contributed by atoms with van der Waals surface area (Å²) in [6.45, 7) is 2.07. The van der Waals surface area contributed by atoms with Crippen molar-refractivity contribution in [2.75, 3.05) is 6.54 Å². The molecule has 7 heteroatoms. The summed E-state index contributed by atoms with van der Waals surface area (Å²) < 4.78 is 36.5. The highest BCUT2D eigenvalue weighted by atomic mass is 32.1. The van der Waals surface area contributed by atoms with Crippen LogP contribution in [0.4, 0.5) is 13.2 Å². The molecule has 1 heterocycles. The zero-order valence-corrected chi connectivity index (χ0v) is 13.9. The fourth-order valence-corrected chi connectivity index (χ4v) is 4.23. The van der Waals surface area contributed by atoms with Crippen molar-refractivity contribution < 1.29 is 23.1 Å². The first kappa shape index (κ1) is 18.3. The van der Waals surface area contributed by atoms with E-state index in [2.05, 4.69) is 5.32 Å². The molecule has 3 nitrogen and oxygen atoms in total. The lowest BCUT2D eigenvalue weighted by molar-refractivity contribution is -0.144. The minimum absolute atomic E-state index is 0.203. The normalized spacial score (nSPS) is 18.8. The predicted octanol–water partition coefficient (Wildman–Crippen LogP) is 4.07. The van der Waals surface area contributed by atoms with E-state index in [1.165, 1.54) is 11.3 Å². The molecule has 1 aliphatic carbocycles. The first-order valence-electron chi connectivity index (χ1n) is 7.84. The van der Waals surface area contributed by atoms with Gasteiger partial charge in [-0.15, -0.1) is 11.3 Å². The molecule has 1 amide bonds. The maximum atomic E-state index is 12.2. The molecule has 23 heavy (non-hydrogen) atoms. The lowest BCUT2D eigenvalue weighted by atomic mass is 9.84. The third-order valence-electron chi connectivity index (χ3n) is 4.38. The molecular formula is C16H22F3NO2S. The number of carbonyl (C=O) groups excluding carboxylic acids is 1. The molecule has 1 fully saturated rings. The Labute approximate surface area is 137 Å². The van der Waals surface area contributed by atoms with Crippen LogP contribution in [-0.2, 0) is 10.2 Å². The van der Waals surface area contributed by atoms with Crippen LogP contribution in [-0.4, -0.2) is 23.7 Å². The summed E-state index contributed by atoms with van der Waals surface area (Å²) in [5.74, 6) is -0.555.